The second kappa shape index (κ2) is 12.5. The van der Waals surface area contributed by atoms with Crippen LogP contribution in [0.1, 0.15) is 18.1 Å². The molecule has 7 nitrogen and oxygen atoms in total. The van der Waals surface area contributed by atoms with Crippen LogP contribution in [-0.4, -0.2) is 24.6 Å². The number of hydrogen-bond acceptors (Lipinski definition) is 5. The van der Waals surface area contributed by atoms with E-state index in [1.54, 1.807) is 36.4 Å². The maximum atomic E-state index is 12.1. The molecule has 0 heterocycles. The SMILES string of the molecule is CCOc1cc(/C=N/NC(=O)C(=O)Nc2ccc(Br)cc2)cc(Br)c1OCc1cccc2ccccc12. The van der Waals surface area contributed by atoms with Crippen molar-refractivity contribution < 1.29 is 19.1 Å². The predicted molar refractivity (Wildman–Crippen MR) is 152 cm³/mol. The molecule has 4 aromatic rings. The molecule has 0 fully saturated rings. The quantitative estimate of drug-likeness (QED) is 0.134. The number of nitrogens with zero attached hydrogens (tertiary/aromatic N) is 1. The van der Waals surface area contributed by atoms with Gasteiger partial charge in [-0.3, -0.25) is 9.59 Å². The number of rotatable bonds is 8. The summed E-state index contributed by atoms with van der Waals surface area (Å²) in [4.78, 5) is 24.2. The van der Waals surface area contributed by atoms with Crippen molar-refractivity contribution in [2.75, 3.05) is 11.9 Å². The zero-order valence-electron chi connectivity index (χ0n) is 19.8. The minimum absolute atomic E-state index is 0.358. The molecule has 0 saturated carbocycles. The molecule has 0 spiro atoms. The predicted octanol–water partition coefficient (Wildman–Crippen LogP) is 6.43. The van der Waals surface area contributed by atoms with Crippen LogP contribution in [0.15, 0.2) is 92.9 Å². The summed E-state index contributed by atoms with van der Waals surface area (Å²) in [5.41, 5.74) is 4.43. The molecule has 37 heavy (non-hydrogen) atoms. The summed E-state index contributed by atoms with van der Waals surface area (Å²) >= 11 is 6.87. The van der Waals surface area contributed by atoms with E-state index in [0.717, 1.165) is 20.8 Å². The number of carbonyl (C=O) groups excluding carboxylic acids is 2. The Morgan fingerprint density at radius 1 is 0.919 bits per heavy atom. The maximum Gasteiger partial charge on any atom is 0.329 e. The van der Waals surface area contributed by atoms with Gasteiger partial charge in [-0.2, -0.15) is 5.10 Å². The molecular weight excluding hydrogens is 602 g/mol. The van der Waals surface area contributed by atoms with Gasteiger partial charge in [0.2, 0.25) is 0 Å². The lowest BCUT2D eigenvalue weighted by Gasteiger charge is -2.15. The van der Waals surface area contributed by atoms with Crippen LogP contribution in [0.5, 0.6) is 11.5 Å². The topological polar surface area (TPSA) is 89.0 Å². The fraction of sp³-hybridized carbons (Fsp3) is 0.107. The molecule has 4 aromatic carbocycles. The Hall–Kier alpha value is -3.69. The Balaban J connectivity index is 1.43. The van der Waals surface area contributed by atoms with Gasteiger partial charge in [-0.05, 0) is 81.2 Å². The summed E-state index contributed by atoms with van der Waals surface area (Å²) in [5.74, 6) is -0.631. The number of benzene rings is 4. The molecule has 0 bridgehead atoms. The Morgan fingerprint density at radius 2 is 1.68 bits per heavy atom. The third-order valence-corrected chi connectivity index (χ3v) is 6.39. The second-order valence-electron chi connectivity index (χ2n) is 7.85. The van der Waals surface area contributed by atoms with E-state index in [2.05, 4.69) is 65.9 Å². The normalized spacial score (nSPS) is 10.9. The van der Waals surface area contributed by atoms with Crippen LogP contribution in [-0.2, 0) is 16.2 Å². The highest BCUT2D eigenvalue weighted by molar-refractivity contribution is 9.10. The lowest BCUT2D eigenvalue weighted by Crippen LogP contribution is -2.32. The van der Waals surface area contributed by atoms with Gasteiger partial charge in [-0.15, -0.1) is 0 Å². The summed E-state index contributed by atoms with van der Waals surface area (Å²) in [6.45, 7) is 2.68. The first-order chi connectivity index (χ1) is 17.9. The average molecular weight is 625 g/mol. The molecule has 0 atom stereocenters. The summed E-state index contributed by atoms with van der Waals surface area (Å²) in [5, 5.41) is 8.69. The highest BCUT2D eigenvalue weighted by Gasteiger charge is 2.15. The Morgan fingerprint density at radius 3 is 2.46 bits per heavy atom. The first-order valence-electron chi connectivity index (χ1n) is 11.4. The summed E-state index contributed by atoms with van der Waals surface area (Å²) in [7, 11) is 0. The Labute approximate surface area is 231 Å². The molecule has 188 valence electrons. The molecule has 2 N–H and O–H groups in total. The van der Waals surface area contributed by atoms with Crippen LogP contribution < -0.4 is 20.2 Å². The fourth-order valence-corrected chi connectivity index (χ4v) is 4.41. The molecule has 0 aliphatic rings. The van der Waals surface area contributed by atoms with Gasteiger partial charge in [0.15, 0.2) is 11.5 Å². The average Bonchev–Trinajstić information content (AvgIpc) is 2.89. The minimum Gasteiger partial charge on any atom is -0.490 e. The van der Waals surface area contributed by atoms with E-state index in [4.69, 9.17) is 9.47 Å². The fourth-order valence-electron chi connectivity index (χ4n) is 3.57. The van der Waals surface area contributed by atoms with Crippen molar-refractivity contribution in [2.24, 2.45) is 5.10 Å². The number of fused-ring (bicyclic) bond motifs is 1. The van der Waals surface area contributed by atoms with E-state index in [9.17, 15) is 9.59 Å². The largest absolute Gasteiger partial charge is 0.490 e. The number of hydrogen-bond donors (Lipinski definition) is 2. The Kier molecular flexibility index (Phi) is 8.92. The molecule has 0 aliphatic carbocycles. The maximum absolute atomic E-state index is 12.1. The Bertz CT molecular complexity index is 1450. The zero-order valence-corrected chi connectivity index (χ0v) is 23.0. The van der Waals surface area contributed by atoms with Gasteiger partial charge in [-0.1, -0.05) is 58.4 Å². The molecule has 0 aliphatic heterocycles. The van der Waals surface area contributed by atoms with E-state index >= 15 is 0 Å². The second-order valence-corrected chi connectivity index (χ2v) is 9.62. The van der Waals surface area contributed by atoms with Crippen molar-refractivity contribution >= 4 is 66.3 Å². The summed E-state index contributed by atoms with van der Waals surface area (Å²) < 4.78 is 13.5. The number of carbonyl (C=O) groups is 2. The lowest BCUT2D eigenvalue weighted by atomic mass is 10.1. The number of halogens is 2. The van der Waals surface area contributed by atoms with Gasteiger partial charge in [0.1, 0.15) is 6.61 Å². The van der Waals surface area contributed by atoms with Crippen molar-refractivity contribution in [1.82, 2.24) is 5.43 Å². The standard InChI is InChI=1S/C28H23Br2N3O4/c1-2-36-25-15-18(16-31-33-28(35)27(34)32-22-12-10-21(29)11-13-22)14-24(30)26(25)37-17-20-8-5-7-19-6-3-4-9-23(19)20/h3-16H,2,17H2,1H3,(H,32,34)(H,33,35)/b31-16+. The van der Waals surface area contributed by atoms with Crippen LogP contribution in [0.3, 0.4) is 0 Å². The van der Waals surface area contributed by atoms with Crippen molar-refractivity contribution in [3.05, 3.63) is 98.9 Å². The van der Waals surface area contributed by atoms with Gasteiger partial charge in [0.25, 0.3) is 0 Å². The number of hydrazone groups is 1. The van der Waals surface area contributed by atoms with E-state index in [-0.39, 0.29) is 0 Å². The summed E-state index contributed by atoms with van der Waals surface area (Å²) in [6.07, 6.45) is 1.42. The van der Waals surface area contributed by atoms with E-state index in [1.165, 1.54) is 6.21 Å². The molecule has 0 radical (unpaired) electrons. The van der Waals surface area contributed by atoms with Crippen LogP contribution in [0.2, 0.25) is 0 Å². The molecule has 4 rings (SSSR count). The molecule has 9 heteroatoms. The third kappa shape index (κ3) is 6.96. The van der Waals surface area contributed by atoms with Crippen LogP contribution in [0, 0.1) is 0 Å². The van der Waals surface area contributed by atoms with Gasteiger partial charge < -0.3 is 14.8 Å². The van der Waals surface area contributed by atoms with Crippen molar-refractivity contribution in [2.45, 2.75) is 13.5 Å². The van der Waals surface area contributed by atoms with Crippen LogP contribution in [0.25, 0.3) is 10.8 Å². The molecule has 0 aromatic heterocycles. The van der Waals surface area contributed by atoms with E-state index < -0.39 is 11.8 Å². The number of ether oxygens (including phenoxy) is 2. The first kappa shape index (κ1) is 26.4. The van der Waals surface area contributed by atoms with E-state index in [1.807, 2.05) is 31.2 Å². The molecule has 0 saturated heterocycles. The smallest absolute Gasteiger partial charge is 0.329 e. The first-order valence-corrected chi connectivity index (χ1v) is 13.0. The molecule has 2 amide bonds. The number of nitrogens with one attached hydrogen (secondary N) is 2. The van der Waals surface area contributed by atoms with Gasteiger partial charge in [0, 0.05) is 10.2 Å². The number of amides is 2. The lowest BCUT2D eigenvalue weighted by molar-refractivity contribution is -0.136. The van der Waals surface area contributed by atoms with Crippen molar-refractivity contribution in [3.63, 3.8) is 0 Å². The molecular formula is C28H23Br2N3O4. The summed E-state index contributed by atoms with van der Waals surface area (Å²) in [6, 6.07) is 24.7. The van der Waals surface area contributed by atoms with E-state index in [0.29, 0.717) is 40.4 Å². The van der Waals surface area contributed by atoms with Crippen molar-refractivity contribution in [1.29, 1.82) is 0 Å². The van der Waals surface area contributed by atoms with Crippen LogP contribution in [0.4, 0.5) is 5.69 Å². The van der Waals surface area contributed by atoms with Crippen molar-refractivity contribution in [3.8, 4) is 11.5 Å². The number of anilines is 1. The third-order valence-electron chi connectivity index (χ3n) is 5.27. The minimum atomic E-state index is -0.890. The van der Waals surface area contributed by atoms with Gasteiger partial charge in [-0.25, -0.2) is 5.43 Å². The van der Waals surface area contributed by atoms with Gasteiger partial charge in [0.05, 0.1) is 17.3 Å². The zero-order chi connectivity index (χ0) is 26.2. The molecule has 0 unspecified atom stereocenters. The van der Waals surface area contributed by atoms with Crippen LogP contribution >= 0.6 is 31.9 Å². The van der Waals surface area contributed by atoms with Gasteiger partial charge >= 0.3 is 11.8 Å². The monoisotopic (exact) mass is 623 g/mol. The highest BCUT2D eigenvalue weighted by Crippen LogP contribution is 2.37. The highest BCUT2D eigenvalue weighted by atomic mass is 79.9.